The Morgan fingerprint density at radius 3 is 2.00 bits per heavy atom. The van der Waals surface area contributed by atoms with Crippen molar-refractivity contribution < 1.29 is 33.6 Å². The zero-order chi connectivity index (χ0) is 26.5. The van der Waals surface area contributed by atoms with Gasteiger partial charge in [-0.2, -0.15) is 5.26 Å². The second kappa shape index (κ2) is 13.8. The minimum absolute atomic E-state index is 0.191. The Hall–Kier alpha value is -5.03. The van der Waals surface area contributed by atoms with Crippen molar-refractivity contribution >= 4 is 17.7 Å². The predicted octanol–water partition coefficient (Wildman–Crippen LogP) is 5.60. The van der Waals surface area contributed by atoms with Gasteiger partial charge in [0.1, 0.15) is 23.5 Å². The Morgan fingerprint density at radius 2 is 1.38 bits per heavy atom. The first-order valence-corrected chi connectivity index (χ1v) is 11.4. The van der Waals surface area contributed by atoms with Gasteiger partial charge in [-0.15, -0.1) is 0 Å². The minimum Gasteiger partial charge on any atom is -0.512 e. The summed E-state index contributed by atoms with van der Waals surface area (Å²) in [7, 11) is 0. The maximum Gasteiger partial charge on any atom is 0.343 e. The fraction of sp³-hybridized carbons (Fsp3) is 0.138. The Kier molecular flexibility index (Phi) is 9.88. The molecule has 3 rings (SSSR count). The summed E-state index contributed by atoms with van der Waals surface area (Å²) < 4.78 is 21.6. The molecular formula is C29H25NO7. The molecule has 188 valence electrons. The Balaban J connectivity index is 1.48. The second-order valence-corrected chi connectivity index (χ2v) is 7.60. The van der Waals surface area contributed by atoms with Crippen molar-refractivity contribution in [2.24, 2.45) is 0 Å². The molecule has 37 heavy (non-hydrogen) atoms. The number of benzene rings is 3. The van der Waals surface area contributed by atoms with E-state index in [-0.39, 0.29) is 5.76 Å². The lowest BCUT2D eigenvalue weighted by atomic mass is 10.2. The number of carbonyl (C=O) groups excluding carboxylic acids is 2. The summed E-state index contributed by atoms with van der Waals surface area (Å²) in [5, 5.41) is 18.5. The molecule has 3 aromatic carbocycles. The number of aliphatic hydroxyl groups excluding tert-OH is 1. The van der Waals surface area contributed by atoms with Gasteiger partial charge in [-0.3, -0.25) is 0 Å². The van der Waals surface area contributed by atoms with Crippen LogP contribution in [0.15, 0.2) is 91.7 Å². The topological polar surface area (TPSA) is 115 Å². The highest BCUT2D eigenvalue weighted by Gasteiger charge is 2.11. The largest absolute Gasteiger partial charge is 0.512 e. The highest BCUT2D eigenvalue weighted by molar-refractivity contribution is 5.91. The maximum absolute atomic E-state index is 12.5. The molecule has 0 atom stereocenters. The van der Waals surface area contributed by atoms with Gasteiger partial charge >= 0.3 is 11.9 Å². The smallest absolute Gasteiger partial charge is 0.343 e. The van der Waals surface area contributed by atoms with E-state index in [0.29, 0.717) is 60.0 Å². The first-order valence-electron chi connectivity index (χ1n) is 11.4. The number of nitriles is 1. The Labute approximate surface area is 214 Å². The molecule has 0 amide bonds. The Bertz CT molecular complexity index is 1270. The summed E-state index contributed by atoms with van der Waals surface area (Å²) in [5.41, 5.74) is 1.41. The number of hydrogen-bond donors (Lipinski definition) is 1. The van der Waals surface area contributed by atoms with Gasteiger partial charge in [0.25, 0.3) is 0 Å². The predicted molar refractivity (Wildman–Crippen MR) is 136 cm³/mol. The molecule has 1 N–H and O–H groups in total. The quantitative estimate of drug-likeness (QED) is 0.113. The van der Waals surface area contributed by atoms with Crippen LogP contribution in [0.5, 0.6) is 17.2 Å². The summed E-state index contributed by atoms with van der Waals surface area (Å²) in [6, 6.07) is 21.5. The van der Waals surface area contributed by atoms with Crippen LogP contribution in [0, 0.1) is 11.3 Å². The molecular weight excluding hydrogens is 474 g/mol. The molecule has 0 saturated carbocycles. The highest BCUT2D eigenvalue weighted by atomic mass is 16.5. The molecule has 0 unspecified atom stereocenters. The fourth-order valence-corrected chi connectivity index (χ4v) is 3.05. The fourth-order valence-electron chi connectivity index (χ4n) is 3.05. The van der Waals surface area contributed by atoms with Crippen LogP contribution < -0.4 is 14.2 Å². The Morgan fingerprint density at radius 1 is 0.811 bits per heavy atom. The maximum atomic E-state index is 12.5. The molecule has 8 nitrogen and oxygen atoms in total. The van der Waals surface area contributed by atoms with E-state index in [1.165, 1.54) is 0 Å². The van der Waals surface area contributed by atoms with Crippen LogP contribution in [0.4, 0.5) is 0 Å². The number of rotatable bonds is 12. The van der Waals surface area contributed by atoms with Crippen LogP contribution in [-0.2, 0) is 9.53 Å². The number of ether oxygens (including phenoxy) is 4. The summed E-state index contributed by atoms with van der Waals surface area (Å²) in [5.74, 6) is 0.596. The van der Waals surface area contributed by atoms with Gasteiger partial charge in [-0.05, 0) is 85.6 Å². The lowest BCUT2D eigenvalue weighted by molar-refractivity contribution is -0.137. The number of carbonyl (C=O) groups is 2. The van der Waals surface area contributed by atoms with Crippen molar-refractivity contribution in [2.45, 2.75) is 12.8 Å². The van der Waals surface area contributed by atoms with Gasteiger partial charge in [0.05, 0.1) is 30.4 Å². The third kappa shape index (κ3) is 8.30. The van der Waals surface area contributed by atoms with Crippen molar-refractivity contribution in [3.63, 3.8) is 0 Å². The summed E-state index contributed by atoms with van der Waals surface area (Å²) in [6.45, 7) is 4.09. The average molecular weight is 500 g/mol. The molecule has 0 aliphatic heterocycles. The lowest BCUT2D eigenvalue weighted by Gasteiger charge is -2.10. The lowest BCUT2D eigenvalue weighted by Crippen LogP contribution is -2.08. The van der Waals surface area contributed by atoms with Gasteiger partial charge in [0, 0.05) is 11.6 Å². The van der Waals surface area contributed by atoms with Gasteiger partial charge < -0.3 is 24.1 Å². The van der Waals surface area contributed by atoms with E-state index in [9.17, 15) is 14.7 Å². The SMILES string of the molecule is C=CC(=O)OCCCCOc1ccc(C(=O)Oc2ccc(C(=CO)Oc3ccc(C#N)cc3)cc2)cc1. The van der Waals surface area contributed by atoms with Gasteiger partial charge in [0.15, 0.2) is 5.76 Å². The van der Waals surface area contributed by atoms with E-state index in [1.54, 1.807) is 72.8 Å². The number of unbranched alkanes of at least 4 members (excludes halogenated alkanes) is 1. The number of esters is 2. The van der Waals surface area contributed by atoms with Crippen molar-refractivity contribution in [3.8, 4) is 23.3 Å². The van der Waals surface area contributed by atoms with Gasteiger partial charge in [-0.25, -0.2) is 9.59 Å². The van der Waals surface area contributed by atoms with E-state index < -0.39 is 11.9 Å². The van der Waals surface area contributed by atoms with E-state index in [0.717, 1.165) is 12.3 Å². The molecule has 0 bridgehead atoms. The summed E-state index contributed by atoms with van der Waals surface area (Å²) in [4.78, 5) is 23.5. The molecule has 0 aliphatic carbocycles. The number of nitrogens with zero attached hydrogens (tertiary/aromatic N) is 1. The van der Waals surface area contributed by atoms with E-state index >= 15 is 0 Å². The van der Waals surface area contributed by atoms with Crippen LogP contribution in [0.3, 0.4) is 0 Å². The molecule has 0 radical (unpaired) electrons. The third-order valence-electron chi connectivity index (χ3n) is 4.99. The highest BCUT2D eigenvalue weighted by Crippen LogP contribution is 2.24. The number of aliphatic hydroxyl groups is 1. The molecule has 0 aliphatic rings. The normalized spacial score (nSPS) is 10.6. The molecule has 0 heterocycles. The van der Waals surface area contributed by atoms with E-state index in [1.807, 2.05) is 6.07 Å². The van der Waals surface area contributed by atoms with Crippen LogP contribution in [0.2, 0.25) is 0 Å². The van der Waals surface area contributed by atoms with Crippen LogP contribution >= 0.6 is 0 Å². The summed E-state index contributed by atoms with van der Waals surface area (Å²) in [6.07, 6.45) is 3.33. The third-order valence-corrected chi connectivity index (χ3v) is 4.99. The monoisotopic (exact) mass is 499 g/mol. The molecule has 0 saturated heterocycles. The molecule has 8 heteroatoms. The minimum atomic E-state index is -0.532. The van der Waals surface area contributed by atoms with Crippen LogP contribution in [0.25, 0.3) is 5.76 Å². The van der Waals surface area contributed by atoms with Gasteiger partial charge in [-0.1, -0.05) is 6.58 Å². The second-order valence-electron chi connectivity index (χ2n) is 7.60. The molecule has 0 fully saturated rings. The molecule has 0 spiro atoms. The average Bonchev–Trinajstić information content (AvgIpc) is 2.94. The van der Waals surface area contributed by atoms with Crippen molar-refractivity contribution in [1.82, 2.24) is 0 Å². The van der Waals surface area contributed by atoms with Crippen molar-refractivity contribution in [2.75, 3.05) is 13.2 Å². The summed E-state index contributed by atoms with van der Waals surface area (Å²) >= 11 is 0. The zero-order valence-corrected chi connectivity index (χ0v) is 20.0. The zero-order valence-electron chi connectivity index (χ0n) is 20.0. The number of hydrogen-bond acceptors (Lipinski definition) is 8. The van der Waals surface area contributed by atoms with Gasteiger partial charge in [0.2, 0.25) is 0 Å². The molecule has 0 aromatic heterocycles. The van der Waals surface area contributed by atoms with Crippen LogP contribution in [-0.4, -0.2) is 30.3 Å². The molecule has 3 aromatic rings. The first kappa shape index (κ1) is 26.6. The standard InChI is InChI=1S/C29H25NO7/c1-2-28(32)35-18-4-3-17-34-24-13-9-23(10-14-24)29(33)37-26-15-7-22(8-16-26)27(20-31)36-25-11-5-21(19-30)6-12-25/h2,5-16,20,31H,1,3-4,17-18H2. The van der Waals surface area contributed by atoms with Crippen molar-refractivity contribution in [3.05, 3.63) is 108 Å². The van der Waals surface area contributed by atoms with E-state index in [2.05, 4.69) is 6.58 Å². The van der Waals surface area contributed by atoms with Crippen LogP contribution in [0.1, 0.15) is 34.3 Å². The van der Waals surface area contributed by atoms with E-state index in [4.69, 9.17) is 24.2 Å². The first-order chi connectivity index (χ1) is 18.0. The van der Waals surface area contributed by atoms with Crippen molar-refractivity contribution in [1.29, 1.82) is 5.26 Å².